The molecule has 3 aromatic rings. The number of phenols is 1. The summed E-state index contributed by atoms with van der Waals surface area (Å²) >= 11 is 0. The van der Waals surface area contributed by atoms with E-state index < -0.39 is 23.5 Å². The summed E-state index contributed by atoms with van der Waals surface area (Å²) in [6.07, 6.45) is 2.97. The molecule has 2 N–H and O–H groups in total. The Bertz CT molecular complexity index is 1220. The summed E-state index contributed by atoms with van der Waals surface area (Å²) in [7, 11) is 1.41. The Morgan fingerprint density at radius 3 is 2.28 bits per heavy atom. The van der Waals surface area contributed by atoms with Crippen LogP contribution in [0.4, 0.5) is 5.69 Å². The summed E-state index contributed by atoms with van der Waals surface area (Å²) in [6.45, 7) is 0. The summed E-state index contributed by atoms with van der Waals surface area (Å²) in [5, 5.41) is 20.7. The number of carbonyl (C=O) groups is 2. The van der Waals surface area contributed by atoms with Gasteiger partial charge < -0.3 is 14.9 Å². The maximum absolute atomic E-state index is 13.2. The number of methoxy groups -OCH3 is 1. The van der Waals surface area contributed by atoms with E-state index in [0.717, 1.165) is 5.56 Å². The molecule has 0 spiro atoms. The molecule has 6 nitrogen and oxygen atoms in total. The van der Waals surface area contributed by atoms with Gasteiger partial charge in [0.15, 0.2) is 23.0 Å². The Morgan fingerprint density at radius 2 is 1.62 bits per heavy atom. The first-order valence-electron chi connectivity index (χ1n) is 9.97. The van der Waals surface area contributed by atoms with E-state index in [-0.39, 0.29) is 17.1 Å². The zero-order valence-corrected chi connectivity index (χ0v) is 17.3. The Balaban J connectivity index is 1.81. The van der Waals surface area contributed by atoms with Gasteiger partial charge in [0.1, 0.15) is 0 Å². The minimum Gasteiger partial charge on any atom is -0.504 e. The van der Waals surface area contributed by atoms with Gasteiger partial charge in [-0.1, -0.05) is 60.7 Å². The van der Waals surface area contributed by atoms with Gasteiger partial charge in [0, 0.05) is 5.69 Å². The van der Waals surface area contributed by atoms with E-state index in [4.69, 9.17) is 4.74 Å². The molecule has 1 amide bonds. The number of ether oxygens (including phenoxy) is 1. The number of anilines is 1. The topological polar surface area (TPSA) is 87.1 Å². The molecule has 1 aliphatic rings. The van der Waals surface area contributed by atoms with Crippen molar-refractivity contribution >= 4 is 23.5 Å². The van der Waals surface area contributed by atoms with Crippen molar-refractivity contribution in [2.24, 2.45) is 0 Å². The molecule has 32 heavy (non-hydrogen) atoms. The zero-order chi connectivity index (χ0) is 22.7. The number of rotatable bonds is 6. The molecule has 1 aliphatic heterocycles. The van der Waals surface area contributed by atoms with Crippen LogP contribution in [0.25, 0.3) is 6.08 Å². The Kier molecular flexibility index (Phi) is 5.77. The third kappa shape index (κ3) is 3.86. The monoisotopic (exact) mass is 427 g/mol. The molecule has 0 radical (unpaired) electrons. The third-order valence-electron chi connectivity index (χ3n) is 5.25. The molecule has 0 aliphatic carbocycles. The van der Waals surface area contributed by atoms with Gasteiger partial charge in [-0.15, -0.1) is 0 Å². The lowest BCUT2D eigenvalue weighted by Gasteiger charge is -2.27. The minimum atomic E-state index is -0.896. The number of ketones is 1. The number of hydrogen-bond acceptors (Lipinski definition) is 5. The number of aromatic hydroxyl groups is 1. The van der Waals surface area contributed by atoms with E-state index >= 15 is 0 Å². The predicted octanol–water partition coefficient (Wildman–Crippen LogP) is 4.58. The van der Waals surface area contributed by atoms with E-state index in [1.165, 1.54) is 24.2 Å². The van der Waals surface area contributed by atoms with E-state index in [1.54, 1.807) is 42.5 Å². The molecule has 6 heteroatoms. The SMILES string of the molecule is COc1cc(C2C(C(=O)/C=C/c3ccccc3)=C(O)C(=O)N2c2ccccc2)ccc1O. The second-order valence-corrected chi connectivity index (χ2v) is 7.22. The number of benzene rings is 3. The predicted molar refractivity (Wildman–Crippen MR) is 121 cm³/mol. The molecule has 0 saturated heterocycles. The van der Waals surface area contributed by atoms with Crippen molar-refractivity contribution in [3.8, 4) is 11.5 Å². The van der Waals surface area contributed by atoms with Gasteiger partial charge >= 0.3 is 0 Å². The van der Waals surface area contributed by atoms with Crippen molar-refractivity contribution in [1.82, 2.24) is 0 Å². The number of amides is 1. The lowest BCUT2D eigenvalue weighted by atomic mass is 9.95. The van der Waals surface area contributed by atoms with Crippen LogP contribution < -0.4 is 9.64 Å². The molecule has 0 aromatic heterocycles. The van der Waals surface area contributed by atoms with Crippen molar-refractivity contribution in [3.05, 3.63) is 107 Å². The van der Waals surface area contributed by atoms with Crippen molar-refractivity contribution in [3.63, 3.8) is 0 Å². The van der Waals surface area contributed by atoms with E-state index in [2.05, 4.69) is 0 Å². The maximum Gasteiger partial charge on any atom is 0.294 e. The highest BCUT2D eigenvalue weighted by Gasteiger charge is 2.44. The molecule has 1 unspecified atom stereocenters. The van der Waals surface area contributed by atoms with Gasteiger partial charge in [-0.3, -0.25) is 14.5 Å². The van der Waals surface area contributed by atoms with Gasteiger partial charge in [0.25, 0.3) is 5.91 Å². The number of aliphatic hydroxyl groups is 1. The van der Waals surface area contributed by atoms with Crippen LogP contribution in [-0.2, 0) is 9.59 Å². The average molecular weight is 427 g/mol. The Morgan fingerprint density at radius 1 is 0.969 bits per heavy atom. The number of allylic oxidation sites excluding steroid dienone is 1. The molecular weight excluding hydrogens is 406 g/mol. The maximum atomic E-state index is 13.2. The fourth-order valence-corrected chi connectivity index (χ4v) is 3.72. The first-order valence-corrected chi connectivity index (χ1v) is 9.97. The second-order valence-electron chi connectivity index (χ2n) is 7.22. The normalized spacial score (nSPS) is 16.1. The number of phenolic OH excluding ortho intramolecular Hbond substituents is 1. The van der Waals surface area contributed by atoms with Gasteiger partial charge in [0.05, 0.1) is 18.7 Å². The fraction of sp³-hybridized carbons (Fsp3) is 0.0769. The molecule has 4 rings (SSSR count). The largest absolute Gasteiger partial charge is 0.504 e. The van der Waals surface area contributed by atoms with Crippen LogP contribution in [0.15, 0.2) is 96.3 Å². The van der Waals surface area contributed by atoms with E-state index in [1.807, 2.05) is 36.4 Å². The van der Waals surface area contributed by atoms with Crippen LogP contribution in [0.2, 0.25) is 0 Å². The minimum absolute atomic E-state index is 0.0428. The van der Waals surface area contributed by atoms with Crippen molar-refractivity contribution in [2.75, 3.05) is 12.0 Å². The highest BCUT2D eigenvalue weighted by atomic mass is 16.5. The van der Waals surface area contributed by atoms with Crippen molar-refractivity contribution in [1.29, 1.82) is 0 Å². The van der Waals surface area contributed by atoms with Crippen LogP contribution >= 0.6 is 0 Å². The molecule has 0 bridgehead atoms. The quantitative estimate of drug-likeness (QED) is 0.562. The highest BCUT2D eigenvalue weighted by Crippen LogP contribution is 2.43. The average Bonchev–Trinajstić information content (AvgIpc) is 3.09. The van der Waals surface area contributed by atoms with E-state index in [0.29, 0.717) is 11.3 Å². The number of aliphatic hydroxyl groups excluding tert-OH is 1. The number of hydrogen-bond donors (Lipinski definition) is 2. The molecule has 0 saturated carbocycles. The standard InChI is InChI=1S/C26H21NO5/c1-32-22-16-18(13-15-20(22)28)24-23(21(29)14-12-17-8-4-2-5-9-17)25(30)26(31)27(24)19-10-6-3-7-11-19/h2-16,24,28,30H,1H3/b14-12+. The Labute approximate surface area is 185 Å². The first-order chi connectivity index (χ1) is 15.5. The lowest BCUT2D eigenvalue weighted by Crippen LogP contribution is -2.30. The second kappa shape index (κ2) is 8.81. The summed E-state index contributed by atoms with van der Waals surface area (Å²) in [5.74, 6) is -1.65. The van der Waals surface area contributed by atoms with Crippen molar-refractivity contribution < 1.29 is 24.5 Å². The molecule has 160 valence electrons. The fourth-order valence-electron chi connectivity index (χ4n) is 3.72. The lowest BCUT2D eigenvalue weighted by molar-refractivity contribution is -0.117. The van der Waals surface area contributed by atoms with Gasteiger partial charge in [-0.2, -0.15) is 0 Å². The third-order valence-corrected chi connectivity index (χ3v) is 5.25. The first kappa shape index (κ1) is 20.9. The van der Waals surface area contributed by atoms with Crippen molar-refractivity contribution in [2.45, 2.75) is 6.04 Å². The summed E-state index contributed by atoms with van der Waals surface area (Å²) in [5.41, 5.74) is 1.81. The molecule has 1 heterocycles. The van der Waals surface area contributed by atoms with Crippen LogP contribution in [0, 0.1) is 0 Å². The molecule has 0 fully saturated rings. The van der Waals surface area contributed by atoms with Crippen LogP contribution in [0.5, 0.6) is 11.5 Å². The smallest absolute Gasteiger partial charge is 0.294 e. The van der Waals surface area contributed by atoms with Crippen LogP contribution in [0.3, 0.4) is 0 Å². The molecular formula is C26H21NO5. The summed E-state index contributed by atoms with van der Waals surface area (Å²) in [6, 6.07) is 21.7. The highest BCUT2D eigenvalue weighted by molar-refractivity contribution is 6.19. The Hall–Kier alpha value is -4.32. The van der Waals surface area contributed by atoms with Crippen LogP contribution in [-0.4, -0.2) is 29.0 Å². The molecule has 3 aromatic carbocycles. The van der Waals surface area contributed by atoms with Gasteiger partial charge in [-0.05, 0) is 41.5 Å². The van der Waals surface area contributed by atoms with Gasteiger partial charge in [-0.25, -0.2) is 0 Å². The number of para-hydroxylation sites is 1. The molecule has 1 atom stereocenters. The number of nitrogens with zero attached hydrogens (tertiary/aromatic N) is 1. The summed E-state index contributed by atoms with van der Waals surface area (Å²) in [4.78, 5) is 27.6. The van der Waals surface area contributed by atoms with E-state index in [9.17, 15) is 19.8 Å². The van der Waals surface area contributed by atoms with Crippen LogP contribution in [0.1, 0.15) is 17.2 Å². The number of carbonyl (C=O) groups excluding carboxylic acids is 2. The van der Waals surface area contributed by atoms with Gasteiger partial charge in [0.2, 0.25) is 0 Å². The zero-order valence-electron chi connectivity index (χ0n) is 17.3. The summed E-state index contributed by atoms with van der Waals surface area (Å²) < 4.78 is 5.21.